The van der Waals surface area contributed by atoms with E-state index in [2.05, 4.69) is 10.6 Å². The molecule has 2 unspecified atom stereocenters. The highest BCUT2D eigenvalue weighted by molar-refractivity contribution is 5.88. The van der Waals surface area contributed by atoms with Crippen molar-refractivity contribution in [3.8, 4) is 11.5 Å². The molecule has 2 rings (SSSR count). The number of piperazine rings is 1. The van der Waals surface area contributed by atoms with E-state index in [-0.39, 0.29) is 24.1 Å². The van der Waals surface area contributed by atoms with Gasteiger partial charge in [-0.15, -0.1) is 0 Å². The fraction of sp³-hybridized carbons (Fsp3) is 0.556. The molecule has 138 valence electrons. The summed E-state index contributed by atoms with van der Waals surface area (Å²) in [4.78, 5) is 25.7. The largest absolute Gasteiger partial charge is 0.493 e. The first kappa shape index (κ1) is 18.9. The van der Waals surface area contributed by atoms with E-state index in [4.69, 9.17) is 9.47 Å². The Kier molecular flexibility index (Phi) is 6.12. The maximum absolute atomic E-state index is 12.5. The maximum Gasteiger partial charge on any atom is 0.318 e. The summed E-state index contributed by atoms with van der Waals surface area (Å²) in [5.41, 5.74) is 0.899. The summed E-state index contributed by atoms with van der Waals surface area (Å²) in [6, 6.07) is 4.64. The van der Waals surface area contributed by atoms with E-state index in [1.165, 1.54) is 0 Å². The van der Waals surface area contributed by atoms with Crippen LogP contribution in [0.2, 0.25) is 0 Å². The van der Waals surface area contributed by atoms with Crippen molar-refractivity contribution in [2.24, 2.45) is 0 Å². The molecular weight excluding hydrogens is 322 g/mol. The lowest BCUT2D eigenvalue weighted by Gasteiger charge is -2.33. The fourth-order valence-corrected chi connectivity index (χ4v) is 2.72. The first-order chi connectivity index (χ1) is 11.8. The lowest BCUT2D eigenvalue weighted by Crippen LogP contribution is -2.58. The van der Waals surface area contributed by atoms with Gasteiger partial charge < -0.3 is 25.0 Å². The van der Waals surface area contributed by atoms with Gasteiger partial charge in [-0.05, 0) is 45.4 Å². The average Bonchev–Trinajstić information content (AvgIpc) is 2.56. The van der Waals surface area contributed by atoms with Gasteiger partial charge in [0.2, 0.25) is 5.91 Å². The average molecular weight is 349 g/mol. The first-order valence-electron chi connectivity index (χ1n) is 8.53. The molecule has 1 heterocycles. The predicted octanol–water partition coefficient (Wildman–Crippen LogP) is 2.07. The van der Waals surface area contributed by atoms with Crippen LogP contribution in [0.3, 0.4) is 0 Å². The van der Waals surface area contributed by atoms with Gasteiger partial charge in [-0.1, -0.05) is 6.07 Å². The van der Waals surface area contributed by atoms with Gasteiger partial charge in [-0.25, -0.2) is 4.79 Å². The van der Waals surface area contributed by atoms with Crippen molar-refractivity contribution < 1.29 is 19.1 Å². The molecule has 0 aliphatic carbocycles. The number of hydrogen-bond donors (Lipinski definition) is 2. The molecule has 0 saturated carbocycles. The van der Waals surface area contributed by atoms with E-state index in [0.29, 0.717) is 24.6 Å². The fourth-order valence-electron chi connectivity index (χ4n) is 2.72. The lowest BCUT2D eigenvalue weighted by atomic mass is 10.1. The topological polar surface area (TPSA) is 79.9 Å². The molecule has 0 bridgehead atoms. The molecule has 0 radical (unpaired) electrons. The van der Waals surface area contributed by atoms with Crippen LogP contribution in [0.15, 0.2) is 18.2 Å². The van der Waals surface area contributed by atoms with E-state index in [1.807, 2.05) is 39.0 Å². The van der Waals surface area contributed by atoms with Crippen LogP contribution >= 0.6 is 0 Å². The molecule has 7 nitrogen and oxygen atoms in total. The number of rotatable bonds is 5. The highest BCUT2D eigenvalue weighted by atomic mass is 16.5. The Bertz CT molecular complexity index is 633. The Morgan fingerprint density at radius 2 is 2.04 bits per heavy atom. The van der Waals surface area contributed by atoms with Crippen molar-refractivity contribution in [2.45, 2.75) is 45.9 Å². The van der Waals surface area contributed by atoms with Crippen LogP contribution in [0.4, 0.5) is 4.79 Å². The summed E-state index contributed by atoms with van der Waals surface area (Å²) in [6.07, 6.45) is 0.0450. The standard InChI is InChI=1S/C18H27N3O4/c1-11(2)25-15-7-6-14(10-16(15)24-5)12(3)20-18(23)21-9-8-19-17(22)13(21)4/h6-7,10-13H,8-9H2,1-5H3,(H,19,22)(H,20,23). The predicted molar refractivity (Wildman–Crippen MR) is 94.9 cm³/mol. The van der Waals surface area contributed by atoms with Crippen LogP contribution in [-0.4, -0.2) is 49.2 Å². The van der Waals surface area contributed by atoms with Crippen LogP contribution in [-0.2, 0) is 4.79 Å². The van der Waals surface area contributed by atoms with Gasteiger partial charge in [-0.2, -0.15) is 0 Å². The van der Waals surface area contributed by atoms with Crippen molar-refractivity contribution in [3.05, 3.63) is 23.8 Å². The second kappa shape index (κ2) is 8.09. The third-order valence-electron chi connectivity index (χ3n) is 4.15. The molecule has 1 fully saturated rings. The lowest BCUT2D eigenvalue weighted by molar-refractivity contribution is -0.126. The van der Waals surface area contributed by atoms with E-state index < -0.39 is 6.04 Å². The number of nitrogens with one attached hydrogen (secondary N) is 2. The molecule has 0 aromatic heterocycles. The van der Waals surface area contributed by atoms with Gasteiger partial charge >= 0.3 is 6.03 Å². The summed E-state index contributed by atoms with van der Waals surface area (Å²) in [6.45, 7) is 8.48. The van der Waals surface area contributed by atoms with Gasteiger partial charge in [0.05, 0.1) is 19.3 Å². The summed E-state index contributed by atoms with van der Waals surface area (Å²) in [7, 11) is 1.59. The molecule has 2 N–H and O–H groups in total. The minimum absolute atomic E-state index is 0.0450. The van der Waals surface area contributed by atoms with Gasteiger partial charge in [0.1, 0.15) is 6.04 Å². The molecule has 25 heavy (non-hydrogen) atoms. The first-order valence-corrected chi connectivity index (χ1v) is 8.53. The molecule has 1 aromatic carbocycles. The molecule has 1 aliphatic heterocycles. The third kappa shape index (κ3) is 4.55. The van der Waals surface area contributed by atoms with Crippen LogP contribution < -0.4 is 20.1 Å². The van der Waals surface area contributed by atoms with Gasteiger partial charge in [0, 0.05) is 13.1 Å². The monoisotopic (exact) mass is 349 g/mol. The van der Waals surface area contributed by atoms with Crippen molar-refractivity contribution in [1.82, 2.24) is 15.5 Å². The molecule has 7 heteroatoms. The minimum Gasteiger partial charge on any atom is -0.493 e. The highest BCUT2D eigenvalue weighted by Gasteiger charge is 2.30. The number of hydrogen-bond acceptors (Lipinski definition) is 4. The zero-order chi connectivity index (χ0) is 18.6. The summed E-state index contributed by atoms with van der Waals surface area (Å²) >= 11 is 0. The molecule has 1 aliphatic rings. The van der Waals surface area contributed by atoms with E-state index in [1.54, 1.807) is 18.9 Å². The zero-order valence-electron chi connectivity index (χ0n) is 15.5. The van der Waals surface area contributed by atoms with Crippen molar-refractivity contribution >= 4 is 11.9 Å². The minimum atomic E-state index is -0.475. The van der Waals surface area contributed by atoms with Crippen LogP contribution in [0.5, 0.6) is 11.5 Å². The van der Waals surface area contributed by atoms with Crippen molar-refractivity contribution in [3.63, 3.8) is 0 Å². The van der Waals surface area contributed by atoms with Crippen LogP contribution in [0, 0.1) is 0 Å². The highest BCUT2D eigenvalue weighted by Crippen LogP contribution is 2.31. The van der Waals surface area contributed by atoms with E-state index >= 15 is 0 Å². The summed E-state index contributed by atoms with van der Waals surface area (Å²) < 4.78 is 11.1. The quantitative estimate of drug-likeness (QED) is 0.853. The Balaban J connectivity index is 2.08. The summed E-state index contributed by atoms with van der Waals surface area (Å²) in [5, 5.41) is 5.69. The zero-order valence-corrected chi connectivity index (χ0v) is 15.5. The number of urea groups is 1. The van der Waals surface area contributed by atoms with Gasteiger partial charge in [-0.3, -0.25) is 4.79 Å². The molecule has 1 saturated heterocycles. The summed E-state index contributed by atoms with van der Waals surface area (Å²) in [5.74, 6) is 1.16. The number of amides is 3. The Morgan fingerprint density at radius 1 is 1.32 bits per heavy atom. The molecule has 0 spiro atoms. The molecule has 2 atom stereocenters. The van der Waals surface area contributed by atoms with Crippen LogP contribution in [0.25, 0.3) is 0 Å². The second-order valence-electron chi connectivity index (χ2n) is 6.41. The number of methoxy groups -OCH3 is 1. The van der Waals surface area contributed by atoms with Gasteiger partial charge in [0.15, 0.2) is 11.5 Å². The molecular formula is C18H27N3O4. The van der Waals surface area contributed by atoms with E-state index in [0.717, 1.165) is 5.56 Å². The smallest absolute Gasteiger partial charge is 0.318 e. The third-order valence-corrected chi connectivity index (χ3v) is 4.15. The molecule has 3 amide bonds. The Labute approximate surface area is 148 Å². The Morgan fingerprint density at radius 3 is 2.68 bits per heavy atom. The molecule has 1 aromatic rings. The van der Waals surface area contributed by atoms with Gasteiger partial charge in [0.25, 0.3) is 0 Å². The van der Waals surface area contributed by atoms with Crippen molar-refractivity contribution in [2.75, 3.05) is 20.2 Å². The maximum atomic E-state index is 12.5. The second-order valence-corrected chi connectivity index (χ2v) is 6.41. The van der Waals surface area contributed by atoms with Crippen molar-refractivity contribution in [1.29, 1.82) is 0 Å². The normalized spacial score (nSPS) is 18.6. The number of carbonyl (C=O) groups is 2. The Hall–Kier alpha value is -2.44. The number of ether oxygens (including phenoxy) is 2. The number of benzene rings is 1. The SMILES string of the molecule is COc1cc(C(C)NC(=O)N2CCNC(=O)C2C)ccc1OC(C)C. The van der Waals surface area contributed by atoms with E-state index in [9.17, 15) is 9.59 Å². The van der Waals surface area contributed by atoms with Crippen LogP contribution in [0.1, 0.15) is 39.3 Å². The number of carbonyl (C=O) groups excluding carboxylic acids is 2. The number of nitrogens with zero attached hydrogens (tertiary/aromatic N) is 1.